The summed E-state index contributed by atoms with van der Waals surface area (Å²) in [7, 11) is 0. The van der Waals surface area contributed by atoms with Crippen molar-refractivity contribution in [3.63, 3.8) is 0 Å². The molecule has 0 aliphatic carbocycles. The lowest BCUT2D eigenvalue weighted by Gasteiger charge is -2.18. The Kier molecular flexibility index (Phi) is 5.07. The average molecular weight is 383 g/mol. The average Bonchev–Trinajstić information content (AvgIpc) is 3.16. The van der Waals surface area contributed by atoms with Crippen LogP contribution in [0.5, 0.6) is 6.01 Å². The van der Waals surface area contributed by atoms with Crippen molar-refractivity contribution in [3.05, 3.63) is 65.4 Å². The van der Waals surface area contributed by atoms with Gasteiger partial charge in [0.1, 0.15) is 6.10 Å². The number of likely N-dealkylation sites (tertiary alicyclic amines) is 1. The van der Waals surface area contributed by atoms with Crippen LogP contribution in [0.1, 0.15) is 12.0 Å². The van der Waals surface area contributed by atoms with E-state index in [4.69, 9.17) is 16.3 Å². The molecule has 27 heavy (non-hydrogen) atoms. The maximum atomic E-state index is 12.5. The standard InChI is InChI=1S/C20H19ClN4O2/c21-16-11-22-19(23-12-16)27-17-8-9-25(13-17)20(26)24-10-15-6-3-5-14-4-1-2-7-18(14)15/h1-7,11-12,17H,8-10,13H2,(H,24,26)/t17-/m1/s1. The summed E-state index contributed by atoms with van der Waals surface area (Å²) in [4.78, 5) is 22.3. The molecule has 1 aliphatic heterocycles. The van der Waals surface area contributed by atoms with Crippen molar-refractivity contribution in [2.75, 3.05) is 13.1 Å². The van der Waals surface area contributed by atoms with Crippen molar-refractivity contribution < 1.29 is 9.53 Å². The Morgan fingerprint density at radius 1 is 1.19 bits per heavy atom. The summed E-state index contributed by atoms with van der Waals surface area (Å²) < 4.78 is 5.73. The summed E-state index contributed by atoms with van der Waals surface area (Å²) in [5, 5.41) is 5.79. The molecule has 1 atom stereocenters. The van der Waals surface area contributed by atoms with Crippen molar-refractivity contribution >= 4 is 28.4 Å². The normalized spacial score (nSPS) is 16.5. The largest absolute Gasteiger partial charge is 0.458 e. The molecule has 6 nitrogen and oxygen atoms in total. The molecule has 0 spiro atoms. The molecule has 1 saturated heterocycles. The number of carbonyl (C=O) groups is 1. The second-order valence-electron chi connectivity index (χ2n) is 6.46. The summed E-state index contributed by atoms with van der Waals surface area (Å²) in [5.41, 5.74) is 1.10. The van der Waals surface area contributed by atoms with E-state index in [-0.39, 0.29) is 18.1 Å². The summed E-state index contributed by atoms with van der Waals surface area (Å²) in [6, 6.07) is 14.5. The minimum Gasteiger partial charge on any atom is -0.458 e. The van der Waals surface area contributed by atoms with Gasteiger partial charge in [0.05, 0.1) is 24.0 Å². The number of hydrogen-bond donors (Lipinski definition) is 1. The SMILES string of the molecule is O=C(NCc1cccc2ccccc12)N1CC[C@@H](Oc2ncc(Cl)cn2)C1. The van der Waals surface area contributed by atoms with Crippen LogP contribution in [0.3, 0.4) is 0 Å². The molecule has 2 heterocycles. The highest BCUT2D eigenvalue weighted by Gasteiger charge is 2.28. The minimum absolute atomic E-state index is 0.0916. The van der Waals surface area contributed by atoms with E-state index in [0.29, 0.717) is 24.7 Å². The highest BCUT2D eigenvalue weighted by Crippen LogP contribution is 2.19. The van der Waals surface area contributed by atoms with Crippen molar-refractivity contribution in [2.24, 2.45) is 0 Å². The number of amides is 2. The van der Waals surface area contributed by atoms with Crippen LogP contribution in [0.15, 0.2) is 54.9 Å². The Balaban J connectivity index is 1.33. The third-order valence-electron chi connectivity index (χ3n) is 4.61. The molecule has 1 fully saturated rings. The van der Waals surface area contributed by atoms with E-state index in [9.17, 15) is 4.79 Å². The molecule has 1 aromatic heterocycles. The second kappa shape index (κ2) is 7.80. The molecule has 0 unspecified atom stereocenters. The van der Waals surface area contributed by atoms with Gasteiger partial charge in [-0.3, -0.25) is 0 Å². The van der Waals surface area contributed by atoms with Gasteiger partial charge in [-0.15, -0.1) is 0 Å². The van der Waals surface area contributed by atoms with Crippen molar-refractivity contribution in [1.82, 2.24) is 20.2 Å². The smallest absolute Gasteiger partial charge is 0.317 e. The van der Waals surface area contributed by atoms with Gasteiger partial charge in [-0.05, 0) is 16.3 Å². The summed E-state index contributed by atoms with van der Waals surface area (Å²) in [5.74, 6) is 0. The van der Waals surface area contributed by atoms with E-state index in [0.717, 1.165) is 17.4 Å². The van der Waals surface area contributed by atoms with Gasteiger partial charge in [0.2, 0.25) is 0 Å². The molecule has 2 amide bonds. The first-order valence-electron chi connectivity index (χ1n) is 8.82. The van der Waals surface area contributed by atoms with Gasteiger partial charge in [0, 0.05) is 19.5 Å². The lowest BCUT2D eigenvalue weighted by molar-refractivity contribution is 0.178. The van der Waals surface area contributed by atoms with E-state index in [2.05, 4.69) is 33.5 Å². The number of nitrogens with zero attached hydrogens (tertiary/aromatic N) is 3. The molecule has 0 radical (unpaired) electrons. The van der Waals surface area contributed by atoms with Crippen LogP contribution >= 0.6 is 11.6 Å². The number of benzene rings is 2. The monoisotopic (exact) mass is 382 g/mol. The van der Waals surface area contributed by atoms with Gasteiger partial charge < -0.3 is 15.0 Å². The van der Waals surface area contributed by atoms with Gasteiger partial charge in [-0.1, -0.05) is 54.1 Å². The topological polar surface area (TPSA) is 67.4 Å². The first kappa shape index (κ1) is 17.5. The van der Waals surface area contributed by atoms with E-state index < -0.39 is 0 Å². The maximum Gasteiger partial charge on any atom is 0.317 e. The third kappa shape index (κ3) is 4.11. The highest BCUT2D eigenvalue weighted by molar-refractivity contribution is 6.30. The first-order valence-corrected chi connectivity index (χ1v) is 9.20. The Morgan fingerprint density at radius 2 is 1.96 bits per heavy atom. The fourth-order valence-corrected chi connectivity index (χ4v) is 3.35. The Hall–Kier alpha value is -2.86. The molecular weight excluding hydrogens is 364 g/mol. The van der Waals surface area contributed by atoms with Crippen LogP contribution in [0, 0.1) is 0 Å². The molecule has 0 saturated carbocycles. The van der Waals surface area contributed by atoms with Gasteiger partial charge in [0.25, 0.3) is 0 Å². The predicted molar refractivity (Wildman–Crippen MR) is 104 cm³/mol. The quantitative estimate of drug-likeness (QED) is 0.748. The zero-order chi connectivity index (χ0) is 18.6. The zero-order valence-corrected chi connectivity index (χ0v) is 15.4. The van der Waals surface area contributed by atoms with Crippen LogP contribution < -0.4 is 10.1 Å². The van der Waals surface area contributed by atoms with E-state index in [1.165, 1.54) is 17.8 Å². The number of urea groups is 1. The number of rotatable bonds is 4. The minimum atomic E-state index is -0.116. The number of fused-ring (bicyclic) bond motifs is 1. The van der Waals surface area contributed by atoms with Crippen LogP contribution in [0.25, 0.3) is 10.8 Å². The molecule has 7 heteroatoms. The van der Waals surface area contributed by atoms with E-state index in [1.54, 1.807) is 4.90 Å². The lowest BCUT2D eigenvalue weighted by Crippen LogP contribution is -2.39. The Labute approximate surface area is 162 Å². The number of nitrogens with one attached hydrogen (secondary N) is 1. The number of aromatic nitrogens is 2. The molecule has 138 valence electrons. The number of hydrogen-bond acceptors (Lipinski definition) is 4. The van der Waals surface area contributed by atoms with Crippen molar-refractivity contribution in [3.8, 4) is 6.01 Å². The van der Waals surface area contributed by atoms with Crippen LogP contribution in [0.4, 0.5) is 4.79 Å². The Bertz CT molecular complexity index is 943. The fourth-order valence-electron chi connectivity index (χ4n) is 3.25. The number of halogens is 1. The second-order valence-corrected chi connectivity index (χ2v) is 6.89. The van der Waals surface area contributed by atoms with Crippen LogP contribution in [-0.2, 0) is 6.54 Å². The molecule has 4 rings (SSSR count). The van der Waals surface area contributed by atoms with E-state index >= 15 is 0 Å². The van der Waals surface area contributed by atoms with E-state index in [1.807, 2.05) is 24.3 Å². The summed E-state index contributed by atoms with van der Waals surface area (Å²) in [6.07, 6.45) is 3.61. The molecule has 3 aromatic rings. The van der Waals surface area contributed by atoms with Crippen molar-refractivity contribution in [1.29, 1.82) is 0 Å². The van der Waals surface area contributed by atoms with Gasteiger partial charge in [0.15, 0.2) is 0 Å². The Morgan fingerprint density at radius 3 is 2.81 bits per heavy atom. The fraction of sp³-hybridized carbons (Fsp3) is 0.250. The molecule has 1 aliphatic rings. The van der Waals surface area contributed by atoms with Crippen molar-refractivity contribution in [2.45, 2.75) is 19.1 Å². The summed E-state index contributed by atoms with van der Waals surface area (Å²) >= 11 is 5.77. The van der Waals surface area contributed by atoms with Gasteiger partial charge in [-0.2, -0.15) is 0 Å². The predicted octanol–water partition coefficient (Wildman–Crippen LogP) is 3.65. The lowest BCUT2D eigenvalue weighted by atomic mass is 10.0. The molecular formula is C20H19ClN4O2. The maximum absolute atomic E-state index is 12.5. The molecule has 2 aromatic carbocycles. The number of carbonyl (C=O) groups excluding carboxylic acids is 1. The zero-order valence-electron chi connectivity index (χ0n) is 14.6. The number of ether oxygens (including phenoxy) is 1. The molecule has 0 bridgehead atoms. The summed E-state index contributed by atoms with van der Waals surface area (Å²) in [6.45, 7) is 1.63. The van der Waals surface area contributed by atoms with Gasteiger partial charge in [-0.25, -0.2) is 14.8 Å². The highest BCUT2D eigenvalue weighted by atomic mass is 35.5. The van der Waals surface area contributed by atoms with Gasteiger partial charge >= 0.3 is 12.0 Å². The third-order valence-corrected chi connectivity index (χ3v) is 4.81. The molecule has 1 N–H and O–H groups in total. The van der Waals surface area contributed by atoms with Crippen LogP contribution in [-0.4, -0.2) is 40.1 Å². The van der Waals surface area contributed by atoms with Crippen LogP contribution in [0.2, 0.25) is 5.02 Å². The first-order chi connectivity index (χ1) is 13.2.